The molecule has 3 nitrogen and oxygen atoms in total. The minimum atomic E-state index is 0.697. The Labute approximate surface area is 87.8 Å². The molecule has 0 aromatic carbocycles. The molecule has 0 radical (unpaired) electrons. The van der Waals surface area contributed by atoms with Crippen LogP contribution < -0.4 is 4.90 Å². The number of nitrogens with one attached hydrogen (secondary N) is 1. The lowest BCUT2D eigenvalue weighted by Crippen LogP contribution is -2.23. The number of hydrogen-bond acceptors (Lipinski definition) is 4. The van der Waals surface area contributed by atoms with Gasteiger partial charge in [-0.25, -0.2) is 0 Å². The average Bonchev–Trinajstić information content (AvgIpc) is 2.51. The summed E-state index contributed by atoms with van der Waals surface area (Å²) in [6.07, 6.45) is 1.19. The summed E-state index contributed by atoms with van der Waals surface area (Å²) in [5, 5.41) is 7.88. The van der Waals surface area contributed by atoms with Crippen LogP contribution >= 0.6 is 23.6 Å². The van der Waals surface area contributed by atoms with Crippen LogP contribution in [0.15, 0.2) is 0 Å². The number of H-pyrrole nitrogens is 1. The number of anilines is 1. The van der Waals surface area contributed by atoms with Crippen molar-refractivity contribution in [1.29, 1.82) is 0 Å². The molecule has 1 unspecified atom stereocenters. The van der Waals surface area contributed by atoms with Gasteiger partial charge >= 0.3 is 0 Å². The molecule has 5 heteroatoms. The quantitative estimate of drug-likeness (QED) is 0.787. The summed E-state index contributed by atoms with van der Waals surface area (Å²) in [5.74, 6) is 0.697. The van der Waals surface area contributed by atoms with E-state index in [2.05, 4.69) is 28.9 Å². The van der Waals surface area contributed by atoms with E-state index in [9.17, 15) is 0 Å². The second-order valence-electron chi connectivity index (χ2n) is 3.29. The summed E-state index contributed by atoms with van der Waals surface area (Å²) in [7, 11) is 2.05. The molecule has 0 aliphatic rings. The van der Waals surface area contributed by atoms with Crippen molar-refractivity contribution in [3.05, 3.63) is 3.95 Å². The summed E-state index contributed by atoms with van der Waals surface area (Å²) in [6.45, 7) is 5.47. The second-order valence-corrected chi connectivity index (χ2v) is 4.93. The molecule has 0 spiro atoms. The first kappa shape index (κ1) is 10.7. The van der Waals surface area contributed by atoms with Crippen molar-refractivity contribution in [3.63, 3.8) is 0 Å². The SMILES string of the molecule is CCC(C)CN(C)c1n[nH]c(=S)s1. The van der Waals surface area contributed by atoms with Crippen LogP contribution in [0.2, 0.25) is 0 Å². The van der Waals surface area contributed by atoms with Gasteiger partial charge in [0.15, 0.2) is 3.95 Å². The third-order valence-electron chi connectivity index (χ3n) is 2.04. The zero-order valence-corrected chi connectivity index (χ0v) is 9.84. The van der Waals surface area contributed by atoms with E-state index in [1.165, 1.54) is 17.8 Å². The summed E-state index contributed by atoms with van der Waals surface area (Å²) in [5.41, 5.74) is 0. The van der Waals surface area contributed by atoms with Crippen molar-refractivity contribution in [3.8, 4) is 0 Å². The van der Waals surface area contributed by atoms with Gasteiger partial charge in [0.2, 0.25) is 5.13 Å². The topological polar surface area (TPSA) is 31.9 Å². The first-order valence-corrected chi connectivity index (χ1v) is 5.62. The second kappa shape index (κ2) is 4.72. The Hall–Kier alpha value is -0.420. The highest BCUT2D eigenvalue weighted by Gasteiger charge is 2.07. The molecular weight excluding hydrogens is 202 g/mol. The van der Waals surface area contributed by atoms with Crippen molar-refractivity contribution < 1.29 is 0 Å². The monoisotopic (exact) mass is 217 g/mol. The number of rotatable bonds is 4. The molecule has 0 bridgehead atoms. The molecule has 0 amide bonds. The minimum absolute atomic E-state index is 0.697. The predicted molar refractivity (Wildman–Crippen MR) is 60.0 cm³/mol. The summed E-state index contributed by atoms with van der Waals surface area (Å²) in [4.78, 5) is 2.14. The molecule has 1 N–H and O–H groups in total. The van der Waals surface area contributed by atoms with E-state index in [0.717, 1.165) is 15.6 Å². The van der Waals surface area contributed by atoms with Gasteiger partial charge in [-0.3, -0.25) is 5.10 Å². The Morgan fingerprint density at radius 1 is 1.69 bits per heavy atom. The molecule has 1 aromatic heterocycles. The summed E-state index contributed by atoms with van der Waals surface area (Å²) in [6, 6.07) is 0. The zero-order valence-electron chi connectivity index (χ0n) is 8.20. The van der Waals surface area contributed by atoms with Crippen LogP contribution in [0.1, 0.15) is 20.3 Å². The van der Waals surface area contributed by atoms with E-state index < -0.39 is 0 Å². The molecular formula is C8H15N3S2. The number of aromatic nitrogens is 2. The Morgan fingerprint density at radius 2 is 2.38 bits per heavy atom. The highest BCUT2D eigenvalue weighted by molar-refractivity contribution is 7.73. The maximum atomic E-state index is 4.97. The Bertz CT molecular complexity index is 304. The molecule has 0 aliphatic carbocycles. The summed E-state index contributed by atoms with van der Waals surface area (Å²) < 4.78 is 0.742. The molecule has 74 valence electrons. The van der Waals surface area contributed by atoms with Gasteiger partial charge in [-0.05, 0) is 18.1 Å². The molecule has 13 heavy (non-hydrogen) atoms. The van der Waals surface area contributed by atoms with E-state index >= 15 is 0 Å². The Kier molecular flexibility index (Phi) is 3.87. The maximum Gasteiger partial charge on any atom is 0.206 e. The smallest absolute Gasteiger partial charge is 0.206 e. The molecule has 1 heterocycles. The molecule has 1 aromatic rings. The zero-order chi connectivity index (χ0) is 9.84. The van der Waals surface area contributed by atoms with Crippen LogP contribution in [0.4, 0.5) is 5.13 Å². The number of nitrogens with zero attached hydrogens (tertiary/aromatic N) is 2. The third-order valence-corrected chi connectivity index (χ3v) is 3.24. The van der Waals surface area contributed by atoms with Gasteiger partial charge in [-0.15, -0.1) is 5.10 Å². The van der Waals surface area contributed by atoms with Gasteiger partial charge in [0.1, 0.15) is 0 Å². The van der Waals surface area contributed by atoms with Gasteiger partial charge in [0.05, 0.1) is 0 Å². The largest absolute Gasteiger partial charge is 0.349 e. The minimum Gasteiger partial charge on any atom is -0.349 e. The third kappa shape index (κ3) is 3.08. The van der Waals surface area contributed by atoms with Crippen LogP contribution in [-0.4, -0.2) is 23.8 Å². The van der Waals surface area contributed by atoms with E-state index in [-0.39, 0.29) is 0 Å². The fraction of sp³-hybridized carbons (Fsp3) is 0.750. The molecule has 0 saturated heterocycles. The van der Waals surface area contributed by atoms with Crippen molar-refractivity contribution in [1.82, 2.24) is 10.2 Å². The van der Waals surface area contributed by atoms with Gasteiger partial charge in [0.25, 0.3) is 0 Å². The molecule has 1 atom stereocenters. The lowest BCUT2D eigenvalue weighted by atomic mass is 10.1. The van der Waals surface area contributed by atoms with Crippen LogP contribution in [0, 0.1) is 9.87 Å². The fourth-order valence-corrected chi connectivity index (χ4v) is 1.91. The van der Waals surface area contributed by atoms with Gasteiger partial charge in [-0.1, -0.05) is 31.6 Å². The van der Waals surface area contributed by atoms with Crippen LogP contribution in [0.25, 0.3) is 0 Å². The van der Waals surface area contributed by atoms with E-state index in [0.29, 0.717) is 5.92 Å². The number of aromatic amines is 1. The maximum absolute atomic E-state index is 4.97. The number of hydrogen-bond donors (Lipinski definition) is 1. The normalized spacial score (nSPS) is 12.8. The predicted octanol–water partition coefficient (Wildman–Crippen LogP) is 2.68. The van der Waals surface area contributed by atoms with Gasteiger partial charge < -0.3 is 4.90 Å². The van der Waals surface area contributed by atoms with Crippen molar-refractivity contribution >= 4 is 28.7 Å². The lowest BCUT2D eigenvalue weighted by Gasteiger charge is -2.18. The van der Waals surface area contributed by atoms with Gasteiger partial charge in [0, 0.05) is 13.6 Å². The van der Waals surface area contributed by atoms with Crippen LogP contribution in [-0.2, 0) is 0 Å². The molecule has 0 aliphatic heterocycles. The first-order valence-electron chi connectivity index (χ1n) is 4.40. The average molecular weight is 217 g/mol. The molecule has 1 rings (SSSR count). The highest BCUT2D eigenvalue weighted by Crippen LogP contribution is 2.17. The van der Waals surface area contributed by atoms with Crippen molar-refractivity contribution in [2.24, 2.45) is 5.92 Å². The van der Waals surface area contributed by atoms with E-state index in [4.69, 9.17) is 12.2 Å². The molecule has 0 saturated carbocycles. The lowest BCUT2D eigenvalue weighted by molar-refractivity contribution is 0.559. The standard InChI is InChI=1S/C8H15N3S2/c1-4-6(2)5-11(3)7-9-10-8(12)13-7/h6H,4-5H2,1-3H3,(H,10,12). The van der Waals surface area contributed by atoms with Crippen LogP contribution in [0.3, 0.4) is 0 Å². The van der Waals surface area contributed by atoms with E-state index in [1.807, 2.05) is 7.05 Å². The van der Waals surface area contributed by atoms with Crippen LogP contribution in [0.5, 0.6) is 0 Å². The van der Waals surface area contributed by atoms with E-state index in [1.54, 1.807) is 0 Å². The highest BCUT2D eigenvalue weighted by atomic mass is 32.1. The molecule has 0 fully saturated rings. The van der Waals surface area contributed by atoms with Gasteiger partial charge in [-0.2, -0.15) is 0 Å². The first-order chi connectivity index (χ1) is 6.13. The Balaban J connectivity index is 2.58. The van der Waals surface area contributed by atoms with Crippen molar-refractivity contribution in [2.45, 2.75) is 20.3 Å². The van der Waals surface area contributed by atoms with Crippen molar-refractivity contribution in [2.75, 3.05) is 18.5 Å². The summed E-state index contributed by atoms with van der Waals surface area (Å²) >= 11 is 6.49. The Morgan fingerprint density at radius 3 is 2.85 bits per heavy atom. The fourth-order valence-electron chi connectivity index (χ4n) is 1.06.